The minimum atomic E-state index is 0.582. The molecule has 3 heteroatoms. The van der Waals surface area contributed by atoms with Crippen LogP contribution in [-0.4, -0.2) is 11.8 Å². The Kier molecular flexibility index (Phi) is 4.54. The quantitative estimate of drug-likeness (QED) is 0.776. The number of thioether (sulfide) groups is 1. The summed E-state index contributed by atoms with van der Waals surface area (Å²) in [5.74, 6) is 1.81. The molecule has 2 nitrogen and oxygen atoms in total. The van der Waals surface area contributed by atoms with Crippen LogP contribution >= 0.6 is 11.8 Å². The number of nitriles is 1. The molecule has 0 aromatic heterocycles. The van der Waals surface area contributed by atoms with E-state index < -0.39 is 0 Å². The Morgan fingerprint density at radius 2 is 2.28 bits per heavy atom. The number of anilines is 1. The fourth-order valence-corrected chi connectivity index (χ4v) is 3.14. The predicted molar refractivity (Wildman–Crippen MR) is 78.0 cm³/mol. The van der Waals surface area contributed by atoms with Crippen molar-refractivity contribution in [1.29, 1.82) is 5.26 Å². The molecule has 96 valence electrons. The topological polar surface area (TPSA) is 35.8 Å². The zero-order chi connectivity index (χ0) is 13.0. The Labute approximate surface area is 114 Å². The highest BCUT2D eigenvalue weighted by Crippen LogP contribution is 2.38. The summed E-state index contributed by atoms with van der Waals surface area (Å²) in [6.07, 6.45) is 3.80. The Balaban J connectivity index is 2.09. The molecule has 18 heavy (non-hydrogen) atoms. The van der Waals surface area contributed by atoms with Crippen molar-refractivity contribution in [2.45, 2.75) is 44.0 Å². The van der Waals surface area contributed by atoms with Crippen molar-refractivity contribution < 1.29 is 0 Å². The van der Waals surface area contributed by atoms with Gasteiger partial charge in [-0.15, -0.1) is 11.8 Å². The predicted octanol–water partition coefficient (Wildman–Crippen LogP) is 4.27. The standard InChI is InChI=1S/C15H20N2S/c1-3-6-11-9-14(11)17-13-7-5-8-15(18-4-2)12(13)10-16/h5,7-8,11,14,17H,3-4,6,9H2,1-2H3. The van der Waals surface area contributed by atoms with Gasteiger partial charge < -0.3 is 5.32 Å². The first kappa shape index (κ1) is 13.3. The number of hydrogen-bond donors (Lipinski definition) is 1. The number of nitrogens with zero attached hydrogens (tertiary/aromatic N) is 1. The molecule has 2 rings (SSSR count). The van der Waals surface area contributed by atoms with Gasteiger partial charge in [0.1, 0.15) is 6.07 Å². The lowest BCUT2D eigenvalue weighted by Crippen LogP contribution is -2.06. The molecule has 1 aromatic rings. The van der Waals surface area contributed by atoms with Crippen molar-refractivity contribution in [3.05, 3.63) is 23.8 Å². The maximum atomic E-state index is 9.33. The van der Waals surface area contributed by atoms with Crippen molar-refractivity contribution >= 4 is 17.4 Å². The monoisotopic (exact) mass is 260 g/mol. The van der Waals surface area contributed by atoms with Crippen molar-refractivity contribution in [3.8, 4) is 6.07 Å². The van der Waals surface area contributed by atoms with Gasteiger partial charge in [0.05, 0.1) is 11.3 Å². The van der Waals surface area contributed by atoms with Crippen molar-refractivity contribution in [1.82, 2.24) is 0 Å². The van der Waals surface area contributed by atoms with Crippen molar-refractivity contribution in [2.75, 3.05) is 11.1 Å². The molecule has 2 unspecified atom stereocenters. The minimum Gasteiger partial charge on any atom is -0.381 e. The molecule has 0 bridgehead atoms. The third kappa shape index (κ3) is 3.00. The van der Waals surface area contributed by atoms with E-state index in [1.165, 1.54) is 19.3 Å². The molecule has 1 fully saturated rings. The van der Waals surface area contributed by atoms with Gasteiger partial charge in [0.25, 0.3) is 0 Å². The summed E-state index contributed by atoms with van der Waals surface area (Å²) in [4.78, 5) is 1.10. The van der Waals surface area contributed by atoms with Gasteiger partial charge in [0.15, 0.2) is 0 Å². The molecule has 0 spiro atoms. The Morgan fingerprint density at radius 3 is 2.94 bits per heavy atom. The molecular formula is C15H20N2S. The Morgan fingerprint density at radius 1 is 1.44 bits per heavy atom. The van der Waals surface area contributed by atoms with E-state index in [1.807, 2.05) is 18.2 Å². The third-order valence-electron chi connectivity index (χ3n) is 3.36. The fourth-order valence-electron chi connectivity index (χ4n) is 2.36. The number of hydrogen-bond acceptors (Lipinski definition) is 3. The summed E-state index contributed by atoms with van der Waals surface area (Å²) in [5.41, 5.74) is 1.83. The van der Waals surface area contributed by atoms with Crippen LogP contribution in [0.5, 0.6) is 0 Å². The van der Waals surface area contributed by atoms with Crippen LogP contribution in [0.1, 0.15) is 38.7 Å². The lowest BCUT2D eigenvalue weighted by molar-refractivity contribution is 0.693. The van der Waals surface area contributed by atoms with E-state index in [2.05, 4.69) is 25.2 Å². The molecule has 0 heterocycles. The molecule has 1 saturated carbocycles. The van der Waals surface area contributed by atoms with Crippen LogP contribution in [0.4, 0.5) is 5.69 Å². The summed E-state index contributed by atoms with van der Waals surface area (Å²) in [5, 5.41) is 12.9. The van der Waals surface area contributed by atoms with Crippen molar-refractivity contribution in [3.63, 3.8) is 0 Å². The van der Waals surface area contributed by atoms with E-state index in [4.69, 9.17) is 0 Å². The smallest absolute Gasteiger partial charge is 0.102 e. The SMILES string of the molecule is CCCC1CC1Nc1cccc(SCC)c1C#N. The third-order valence-corrected chi connectivity index (χ3v) is 4.30. The number of nitrogens with one attached hydrogen (secondary N) is 1. The van der Waals surface area contributed by atoms with E-state index in [9.17, 15) is 5.26 Å². The van der Waals surface area contributed by atoms with Crippen LogP contribution in [0.3, 0.4) is 0 Å². The van der Waals surface area contributed by atoms with Crippen LogP contribution in [0, 0.1) is 17.2 Å². The largest absolute Gasteiger partial charge is 0.381 e. The molecule has 0 amide bonds. The summed E-state index contributed by atoms with van der Waals surface area (Å²) in [6.45, 7) is 4.35. The molecule has 1 aliphatic carbocycles. The molecular weight excluding hydrogens is 240 g/mol. The normalized spacial score (nSPS) is 21.4. The van der Waals surface area contributed by atoms with E-state index in [-0.39, 0.29) is 0 Å². The van der Waals surface area contributed by atoms with Crippen LogP contribution < -0.4 is 5.32 Å². The van der Waals surface area contributed by atoms with E-state index >= 15 is 0 Å². The molecule has 1 N–H and O–H groups in total. The first-order chi connectivity index (χ1) is 8.80. The summed E-state index contributed by atoms with van der Waals surface area (Å²) in [7, 11) is 0. The van der Waals surface area contributed by atoms with Gasteiger partial charge >= 0.3 is 0 Å². The van der Waals surface area contributed by atoms with Gasteiger partial charge in [0.2, 0.25) is 0 Å². The van der Waals surface area contributed by atoms with E-state index in [0.717, 1.165) is 27.8 Å². The highest BCUT2D eigenvalue weighted by atomic mass is 32.2. The number of rotatable bonds is 6. The highest BCUT2D eigenvalue weighted by molar-refractivity contribution is 7.99. The maximum Gasteiger partial charge on any atom is 0.102 e. The van der Waals surface area contributed by atoms with Crippen LogP contribution in [0.15, 0.2) is 23.1 Å². The Hall–Kier alpha value is -1.14. The second kappa shape index (κ2) is 6.15. The van der Waals surface area contributed by atoms with Crippen LogP contribution in [0.2, 0.25) is 0 Å². The second-order valence-electron chi connectivity index (χ2n) is 4.76. The summed E-state index contributed by atoms with van der Waals surface area (Å²) >= 11 is 1.74. The average Bonchev–Trinajstić information content (AvgIpc) is 3.09. The second-order valence-corrected chi connectivity index (χ2v) is 6.06. The number of benzene rings is 1. The van der Waals surface area contributed by atoms with E-state index in [0.29, 0.717) is 6.04 Å². The first-order valence-corrected chi connectivity index (χ1v) is 7.71. The highest BCUT2D eigenvalue weighted by Gasteiger charge is 2.36. The lowest BCUT2D eigenvalue weighted by atomic mass is 10.2. The average molecular weight is 260 g/mol. The molecule has 2 atom stereocenters. The van der Waals surface area contributed by atoms with Gasteiger partial charge in [-0.3, -0.25) is 0 Å². The van der Waals surface area contributed by atoms with Gasteiger partial charge in [-0.1, -0.05) is 26.3 Å². The summed E-state index contributed by atoms with van der Waals surface area (Å²) in [6, 6.07) is 9.03. The zero-order valence-corrected chi connectivity index (χ0v) is 11.9. The van der Waals surface area contributed by atoms with Crippen molar-refractivity contribution in [2.24, 2.45) is 5.92 Å². The maximum absolute atomic E-state index is 9.33. The zero-order valence-electron chi connectivity index (χ0n) is 11.1. The minimum absolute atomic E-state index is 0.582. The van der Waals surface area contributed by atoms with Crippen LogP contribution in [-0.2, 0) is 0 Å². The molecule has 1 aliphatic rings. The fraction of sp³-hybridized carbons (Fsp3) is 0.533. The van der Waals surface area contributed by atoms with Gasteiger partial charge in [-0.2, -0.15) is 5.26 Å². The molecule has 0 radical (unpaired) electrons. The molecule has 1 aromatic carbocycles. The first-order valence-electron chi connectivity index (χ1n) is 6.72. The molecule has 0 saturated heterocycles. The van der Waals surface area contributed by atoms with E-state index in [1.54, 1.807) is 11.8 Å². The summed E-state index contributed by atoms with van der Waals surface area (Å²) < 4.78 is 0. The van der Waals surface area contributed by atoms with Gasteiger partial charge in [-0.05, 0) is 36.6 Å². The lowest BCUT2D eigenvalue weighted by Gasteiger charge is -2.10. The van der Waals surface area contributed by atoms with Crippen LogP contribution in [0.25, 0.3) is 0 Å². The molecule has 0 aliphatic heterocycles. The Bertz CT molecular complexity index is 450. The van der Waals surface area contributed by atoms with Gasteiger partial charge in [-0.25, -0.2) is 0 Å². The van der Waals surface area contributed by atoms with Gasteiger partial charge in [0, 0.05) is 10.9 Å².